The van der Waals surface area contributed by atoms with E-state index in [-0.39, 0.29) is 11.5 Å². The lowest BCUT2D eigenvalue weighted by atomic mass is 10.2. The SMILES string of the molecule is Cc1ccc2cccc(OC3CS(=O)(=O)CC3O)c2n1. The summed E-state index contributed by atoms with van der Waals surface area (Å²) >= 11 is 0. The summed E-state index contributed by atoms with van der Waals surface area (Å²) in [6, 6.07) is 9.32. The minimum atomic E-state index is -3.22. The molecule has 106 valence electrons. The molecule has 6 heteroatoms. The molecular formula is C14H15NO4S. The molecule has 1 saturated heterocycles. The minimum Gasteiger partial charge on any atom is -0.484 e. The lowest BCUT2D eigenvalue weighted by Gasteiger charge is -2.16. The zero-order valence-corrected chi connectivity index (χ0v) is 11.8. The Morgan fingerprint density at radius 3 is 2.75 bits per heavy atom. The first-order valence-electron chi connectivity index (χ1n) is 6.36. The number of pyridine rings is 1. The predicted molar refractivity (Wildman–Crippen MR) is 75.6 cm³/mol. The van der Waals surface area contributed by atoms with E-state index in [9.17, 15) is 13.5 Å². The molecule has 2 atom stereocenters. The number of hydrogen-bond acceptors (Lipinski definition) is 5. The number of aromatic nitrogens is 1. The van der Waals surface area contributed by atoms with Crippen LogP contribution >= 0.6 is 0 Å². The van der Waals surface area contributed by atoms with Crippen LogP contribution < -0.4 is 4.74 Å². The molecule has 20 heavy (non-hydrogen) atoms. The Morgan fingerprint density at radius 2 is 2.05 bits per heavy atom. The number of para-hydroxylation sites is 1. The van der Waals surface area contributed by atoms with E-state index in [1.807, 2.05) is 31.2 Å². The molecule has 2 unspecified atom stereocenters. The highest BCUT2D eigenvalue weighted by molar-refractivity contribution is 7.91. The summed E-state index contributed by atoms with van der Waals surface area (Å²) in [5.74, 6) is 0.109. The van der Waals surface area contributed by atoms with Gasteiger partial charge in [-0.3, -0.25) is 0 Å². The maximum Gasteiger partial charge on any atom is 0.156 e. The van der Waals surface area contributed by atoms with Gasteiger partial charge in [0.05, 0.1) is 11.5 Å². The fourth-order valence-corrected chi connectivity index (χ4v) is 4.05. The molecule has 1 aliphatic rings. The van der Waals surface area contributed by atoms with E-state index in [1.165, 1.54) is 0 Å². The Hall–Kier alpha value is -1.66. The van der Waals surface area contributed by atoms with E-state index in [0.717, 1.165) is 11.1 Å². The normalized spacial score (nSPS) is 24.9. The Morgan fingerprint density at radius 1 is 1.25 bits per heavy atom. The van der Waals surface area contributed by atoms with Crippen molar-refractivity contribution in [2.75, 3.05) is 11.5 Å². The largest absolute Gasteiger partial charge is 0.484 e. The van der Waals surface area contributed by atoms with E-state index < -0.39 is 22.0 Å². The third kappa shape index (κ3) is 2.48. The van der Waals surface area contributed by atoms with Gasteiger partial charge >= 0.3 is 0 Å². The summed E-state index contributed by atoms with van der Waals surface area (Å²) in [6.45, 7) is 1.88. The highest BCUT2D eigenvalue weighted by Crippen LogP contribution is 2.27. The lowest BCUT2D eigenvalue weighted by Crippen LogP contribution is -2.29. The van der Waals surface area contributed by atoms with Gasteiger partial charge in [-0.05, 0) is 19.1 Å². The summed E-state index contributed by atoms with van der Waals surface area (Å²) in [5.41, 5.74) is 1.54. The van der Waals surface area contributed by atoms with E-state index in [2.05, 4.69) is 4.98 Å². The van der Waals surface area contributed by atoms with E-state index >= 15 is 0 Å². The molecule has 0 amide bonds. The molecule has 0 bridgehead atoms. The number of ether oxygens (including phenoxy) is 1. The topological polar surface area (TPSA) is 76.5 Å². The highest BCUT2D eigenvalue weighted by atomic mass is 32.2. The summed E-state index contributed by atoms with van der Waals surface area (Å²) in [6.07, 6.45) is -1.71. The van der Waals surface area contributed by atoms with Gasteiger partial charge in [0.1, 0.15) is 23.5 Å². The number of sulfone groups is 1. The predicted octanol–water partition coefficient (Wildman–Crippen LogP) is 1.08. The fraction of sp³-hybridized carbons (Fsp3) is 0.357. The van der Waals surface area contributed by atoms with Crippen molar-refractivity contribution in [3.05, 3.63) is 36.0 Å². The van der Waals surface area contributed by atoms with Crippen molar-refractivity contribution in [2.45, 2.75) is 19.1 Å². The molecule has 1 aliphatic heterocycles. The number of fused-ring (bicyclic) bond motifs is 1. The zero-order chi connectivity index (χ0) is 14.3. The van der Waals surface area contributed by atoms with Crippen molar-refractivity contribution in [3.8, 4) is 5.75 Å². The molecule has 0 radical (unpaired) electrons. The van der Waals surface area contributed by atoms with Gasteiger partial charge < -0.3 is 9.84 Å². The third-order valence-electron chi connectivity index (χ3n) is 3.37. The first kappa shape index (κ1) is 13.3. The van der Waals surface area contributed by atoms with Gasteiger partial charge in [0.2, 0.25) is 0 Å². The number of rotatable bonds is 2. The number of hydrogen-bond donors (Lipinski definition) is 1. The molecule has 0 saturated carbocycles. The maximum atomic E-state index is 11.5. The second-order valence-electron chi connectivity index (χ2n) is 5.08. The van der Waals surface area contributed by atoms with Gasteiger partial charge in [0.15, 0.2) is 9.84 Å². The summed E-state index contributed by atoms with van der Waals surface area (Å²) in [5, 5.41) is 10.7. The van der Waals surface area contributed by atoms with Crippen LogP contribution in [0.2, 0.25) is 0 Å². The summed E-state index contributed by atoms with van der Waals surface area (Å²) in [7, 11) is -3.22. The Kier molecular flexibility index (Phi) is 3.14. The average molecular weight is 293 g/mol. The van der Waals surface area contributed by atoms with Crippen LogP contribution in [0.5, 0.6) is 5.75 Å². The van der Waals surface area contributed by atoms with Crippen molar-refractivity contribution in [1.82, 2.24) is 4.98 Å². The molecule has 2 heterocycles. The van der Waals surface area contributed by atoms with Gasteiger partial charge in [-0.25, -0.2) is 13.4 Å². The van der Waals surface area contributed by atoms with Gasteiger partial charge in [-0.2, -0.15) is 0 Å². The third-order valence-corrected chi connectivity index (χ3v) is 5.06. The second kappa shape index (κ2) is 4.71. The number of aliphatic hydroxyl groups excluding tert-OH is 1. The molecule has 5 nitrogen and oxygen atoms in total. The first-order chi connectivity index (χ1) is 9.44. The van der Waals surface area contributed by atoms with Crippen LogP contribution in [0.1, 0.15) is 5.69 Å². The van der Waals surface area contributed by atoms with Crippen molar-refractivity contribution >= 4 is 20.7 Å². The van der Waals surface area contributed by atoms with Crippen LogP contribution in [-0.2, 0) is 9.84 Å². The van der Waals surface area contributed by atoms with Gasteiger partial charge in [-0.15, -0.1) is 0 Å². The van der Waals surface area contributed by atoms with Crippen LogP contribution in [0.3, 0.4) is 0 Å². The van der Waals surface area contributed by atoms with Crippen molar-refractivity contribution in [3.63, 3.8) is 0 Å². The fourth-order valence-electron chi connectivity index (χ4n) is 2.39. The van der Waals surface area contributed by atoms with Crippen LogP contribution in [0.4, 0.5) is 0 Å². The Labute approximate surface area is 117 Å². The van der Waals surface area contributed by atoms with Gasteiger partial charge in [0.25, 0.3) is 0 Å². The van der Waals surface area contributed by atoms with Crippen molar-refractivity contribution in [1.29, 1.82) is 0 Å². The number of benzene rings is 1. The number of nitrogens with zero attached hydrogens (tertiary/aromatic N) is 1. The number of aryl methyl sites for hydroxylation is 1. The van der Waals surface area contributed by atoms with Crippen LogP contribution in [-0.4, -0.2) is 42.2 Å². The molecule has 2 aromatic rings. The highest BCUT2D eigenvalue weighted by Gasteiger charge is 2.38. The molecule has 1 N–H and O–H groups in total. The Bertz CT molecular complexity index is 757. The molecular weight excluding hydrogens is 278 g/mol. The van der Waals surface area contributed by atoms with E-state index in [1.54, 1.807) is 6.07 Å². The summed E-state index contributed by atoms with van der Waals surface area (Å²) < 4.78 is 28.7. The Balaban J connectivity index is 1.97. The van der Waals surface area contributed by atoms with Crippen LogP contribution in [0.15, 0.2) is 30.3 Å². The summed E-state index contributed by atoms with van der Waals surface area (Å²) in [4.78, 5) is 4.42. The van der Waals surface area contributed by atoms with Gasteiger partial charge in [0, 0.05) is 11.1 Å². The minimum absolute atomic E-state index is 0.156. The zero-order valence-electron chi connectivity index (χ0n) is 11.0. The van der Waals surface area contributed by atoms with Crippen molar-refractivity contribution < 1.29 is 18.3 Å². The van der Waals surface area contributed by atoms with Gasteiger partial charge in [-0.1, -0.05) is 18.2 Å². The van der Waals surface area contributed by atoms with Crippen molar-refractivity contribution in [2.24, 2.45) is 0 Å². The first-order valence-corrected chi connectivity index (χ1v) is 8.18. The van der Waals surface area contributed by atoms with E-state index in [0.29, 0.717) is 11.3 Å². The quantitative estimate of drug-likeness (QED) is 0.896. The molecule has 1 fully saturated rings. The lowest BCUT2D eigenvalue weighted by molar-refractivity contribution is 0.0747. The maximum absolute atomic E-state index is 11.5. The van der Waals surface area contributed by atoms with Crippen LogP contribution in [0.25, 0.3) is 10.9 Å². The molecule has 0 spiro atoms. The smallest absolute Gasteiger partial charge is 0.156 e. The molecule has 0 aliphatic carbocycles. The standard InChI is InChI=1S/C14H15NO4S/c1-9-5-6-10-3-2-4-12(14(10)15-9)19-13-8-20(17,18)7-11(13)16/h2-6,11,13,16H,7-8H2,1H3. The average Bonchev–Trinajstić information content (AvgIpc) is 2.63. The molecule has 1 aromatic carbocycles. The molecule has 1 aromatic heterocycles. The molecule has 3 rings (SSSR count). The number of aliphatic hydroxyl groups is 1. The second-order valence-corrected chi connectivity index (χ2v) is 7.23. The van der Waals surface area contributed by atoms with Crippen LogP contribution in [0, 0.1) is 6.92 Å². The van der Waals surface area contributed by atoms with E-state index in [4.69, 9.17) is 4.74 Å². The monoisotopic (exact) mass is 293 g/mol.